The van der Waals surface area contributed by atoms with Crippen molar-refractivity contribution in [1.29, 1.82) is 0 Å². The van der Waals surface area contributed by atoms with Crippen LogP contribution in [-0.2, 0) is 9.53 Å². The number of ether oxygens (including phenoxy) is 1. The lowest BCUT2D eigenvalue weighted by Crippen LogP contribution is -2.42. The number of carbonyl (C=O) groups is 1. The first-order chi connectivity index (χ1) is 9.19. The highest BCUT2D eigenvalue weighted by Crippen LogP contribution is 2.23. The van der Waals surface area contributed by atoms with Crippen LogP contribution in [-0.4, -0.2) is 55.2 Å². The van der Waals surface area contributed by atoms with Gasteiger partial charge in [0.25, 0.3) is 0 Å². The highest BCUT2D eigenvalue weighted by atomic mass is 32.2. The van der Waals surface area contributed by atoms with Gasteiger partial charge >= 0.3 is 0 Å². The number of rotatable bonds is 9. The summed E-state index contributed by atoms with van der Waals surface area (Å²) in [6.07, 6.45) is 3.72. The molecule has 2 unspecified atom stereocenters. The molecule has 1 aliphatic rings. The van der Waals surface area contributed by atoms with Crippen LogP contribution in [0.5, 0.6) is 0 Å². The Labute approximate surface area is 121 Å². The molecule has 0 spiro atoms. The fourth-order valence-electron chi connectivity index (χ4n) is 2.41. The number of nitrogens with two attached hydrogens (primary N) is 1. The largest absolute Gasteiger partial charge is 0.383 e. The Hall–Kier alpha value is -0.260. The molecule has 0 aromatic heterocycles. The molecule has 2 atom stereocenters. The van der Waals surface area contributed by atoms with Gasteiger partial charge in [-0.3, -0.25) is 4.79 Å². The van der Waals surface area contributed by atoms with Crippen LogP contribution in [0.25, 0.3) is 0 Å². The van der Waals surface area contributed by atoms with E-state index < -0.39 is 0 Å². The summed E-state index contributed by atoms with van der Waals surface area (Å²) in [4.78, 5) is 14.4. The number of hydrogen-bond donors (Lipinski definition) is 1. The van der Waals surface area contributed by atoms with Crippen LogP contribution < -0.4 is 5.73 Å². The van der Waals surface area contributed by atoms with Gasteiger partial charge in [-0.15, -0.1) is 0 Å². The number of amides is 1. The maximum atomic E-state index is 12.4. The van der Waals surface area contributed by atoms with Crippen molar-refractivity contribution in [2.45, 2.75) is 38.6 Å². The molecule has 1 aliphatic heterocycles. The number of thioether (sulfide) groups is 1. The summed E-state index contributed by atoms with van der Waals surface area (Å²) in [5.41, 5.74) is 5.55. The van der Waals surface area contributed by atoms with Crippen LogP contribution in [0.2, 0.25) is 0 Å². The van der Waals surface area contributed by atoms with Gasteiger partial charge in [0.15, 0.2) is 0 Å². The summed E-state index contributed by atoms with van der Waals surface area (Å²) >= 11 is 1.94. The summed E-state index contributed by atoms with van der Waals surface area (Å²) in [6, 6.07) is 0.414. The molecule has 1 rings (SSSR count). The molecule has 19 heavy (non-hydrogen) atoms. The molecule has 0 aliphatic carbocycles. The normalized spacial score (nSPS) is 20.5. The van der Waals surface area contributed by atoms with Crippen molar-refractivity contribution < 1.29 is 9.53 Å². The topological polar surface area (TPSA) is 55.6 Å². The van der Waals surface area contributed by atoms with Gasteiger partial charge in [-0.2, -0.15) is 11.8 Å². The Morgan fingerprint density at radius 3 is 2.89 bits per heavy atom. The summed E-state index contributed by atoms with van der Waals surface area (Å²) in [5.74, 6) is 3.07. The molecule has 2 N–H and O–H groups in total. The van der Waals surface area contributed by atoms with E-state index in [0.29, 0.717) is 31.5 Å². The van der Waals surface area contributed by atoms with Crippen molar-refractivity contribution in [2.24, 2.45) is 11.7 Å². The monoisotopic (exact) mass is 288 g/mol. The first-order valence-electron chi connectivity index (χ1n) is 7.25. The maximum absolute atomic E-state index is 12.4. The van der Waals surface area contributed by atoms with Crippen molar-refractivity contribution >= 4 is 17.7 Å². The molecule has 0 aromatic rings. The van der Waals surface area contributed by atoms with Crippen molar-refractivity contribution in [3.05, 3.63) is 0 Å². The minimum Gasteiger partial charge on any atom is -0.383 e. The molecule has 0 radical (unpaired) electrons. The first kappa shape index (κ1) is 16.8. The molecule has 0 saturated carbocycles. The molecule has 1 saturated heterocycles. The van der Waals surface area contributed by atoms with Gasteiger partial charge in [-0.1, -0.05) is 6.92 Å². The lowest BCUT2D eigenvalue weighted by atomic mass is 10.0. The standard InChI is InChI=1S/C14H28N2O2S/c1-12(5-7-15)3-4-14(17)16(8-9-18-2)13-6-10-19-11-13/h12-13H,3-11,15H2,1-2H3. The van der Waals surface area contributed by atoms with Crippen molar-refractivity contribution in [2.75, 3.05) is 38.3 Å². The van der Waals surface area contributed by atoms with Crippen molar-refractivity contribution in [3.8, 4) is 0 Å². The van der Waals surface area contributed by atoms with Gasteiger partial charge in [-0.25, -0.2) is 0 Å². The molecular formula is C14H28N2O2S. The average molecular weight is 288 g/mol. The van der Waals surface area contributed by atoms with E-state index in [4.69, 9.17) is 10.5 Å². The summed E-state index contributed by atoms with van der Waals surface area (Å²) in [7, 11) is 1.69. The van der Waals surface area contributed by atoms with Crippen LogP contribution in [0.3, 0.4) is 0 Å². The predicted octanol–water partition coefficient (Wildman–Crippen LogP) is 1.73. The lowest BCUT2D eigenvalue weighted by Gasteiger charge is -2.29. The summed E-state index contributed by atoms with van der Waals surface area (Å²) < 4.78 is 5.13. The molecule has 0 bridgehead atoms. The number of carbonyl (C=O) groups excluding carboxylic acids is 1. The number of methoxy groups -OCH3 is 1. The molecule has 1 amide bonds. The van der Waals surface area contributed by atoms with Crippen LogP contribution in [0.4, 0.5) is 0 Å². The lowest BCUT2D eigenvalue weighted by molar-refractivity contribution is -0.134. The smallest absolute Gasteiger partial charge is 0.222 e. The maximum Gasteiger partial charge on any atom is 0.222 e. The number of hydrogen-bond acceptors (Lipinski definition) is 4. The molecule has 0 aromatic carbocycles. The Kier molecular flexibility index (Phi) is 8.50. The fourth-order valence-corrected chi connectivity index (χ4v) is 3.63. The molecule has 1 fully saturated rings. The Balaban J connectivity index is 2.41. The van der Waals surface area contributed by atoms with E-state index in [2.05, 4.69) is 6.92 Å². The van der Waals surface area contributed by atoms with E-state index in [1.807, 2.05) is 16.7 Å². The zero-order chi connectivity index (χ0) is 14.1. The number of nitrogens with zero attached hydrogens (tertiary/aromatic N) is 1. The van der Waals surface area contributed by atoms with E-state index in [9.17, 15) is 4.79 Å². The minimum absolute atomic E-state index is 0.286. The Morgan fingerprint density at radius 2 is 2.32 bits per heavy atom. The van der Waals surface area contributed by atoms with Crippen molar-refractivity contribution in [1.82, 2.24) is 4.90 Å². The second-order valence-electron chi connectivity index (χ2n) is 5.32. The van der Waals surface area contributed by atoms with Crippen LogP contribution in [0.1, 0.15) is 32.6 Å². The van der Waals surface area contributed by atoms with E-state index in [-0.39, 0.29) is 5.91 Å². The van der Waals surface area contributed by atoms with Crippen LogP contribution in [0, 0.1) is 5.92 Å². The molecular weight excluding hydrogens is 260 g/mol. The summed E-state index contributed by atoms with van der Waals surface area (Å²) in [5, 5.41) is 0. The summed E-state index contributed by atoms with van der Waals surface area (Å²) in [6.45, 7) is 4.24. The predicted molar refractivity (Wildman–Crippen MR) is 81.4 cm³/mol. The van der Waals surface area contributed by atoms with Crippen LogP contribution in [0.15, 0.2) is 0 Å². The highest BCUT2D eigenvalue weighted by molar-refractivity contribution is 7.99. The Bertz CT molecular complexity index is 258. The molecule has 1 heterocycles. The fraction of sp³-hybridized carbons (Fsp3) is 0.929. The highest BCUT2D eigenvalue weighted by Gasteiger charge is 2.26. The van der Waals surface area contributed by atoms with Crippen LogP contribution >= 0.6 is 11.8 Å². The zero-order valence-corrected chi connectivity index (χ0v) is 13.1. The average Bonchev–Trinajstić information content (AvgIpc) is 2.91. The van der Waals surface area contributed by atoms with E-state index in [0.717, 1.165) is 31.6 Å². The Morgan fingerprint density at radius 1 is 1.53 bits per heavy atom. The third-order valence-electron chi connectivity index (χ3n) is 3.71. The van der Waals surface area contributed by atoms with E-state index in [1.165, 1.54) is 5.75 Å². The second-order valence-corrected chi connectivity index (χ2v) is 6.47. The van der Waals surface area contributed by atoms with Gasteiger partial charge < -0.3 is 15.4 Å². The quantitative estimate of drug-likeness (QED) is 0.702. The van der Waals surface area contributed by atoms with Gasteiger partial charge in [0.1, 0.15) is 0 Å². The SMILES string of the molecule is COCCN(C(=O)CCC(C)CCN)C1CCSC1. The molecule has 112 valence electrons. The van der Waals surface area contributed by atoms with Gasteiger partial charge in [-0.05, 0) is 37.5 Å². The zero-order valence-electron chi connectivity index (χ0n) is 12.3. The van der Waals surface area contributed by atoms with Gasteiger partial charge in [0, 0.05) is 31.9 Å². The van der Waals surface area contributed by atoms with E-state index >= 15 is 0 Å². The molecule has 5 heteroatoms. The van der Waals surface area contributed by atoms with Gasteiger partial charge in [0.05, 0.1) is 6.61 Å². The molecule has 4 nitrogen and oxygen atoms in total. The van der Waals surface area contributed by atoms with Crippen molar-refractivity contribution in [3.63, 3.8) is 0 Å². The second kappa shape index (κ2) is 9.61. The first-order valence-corrected chi connectivity index (χ1v) is 8.40. The third-order valence-corrected chi connectivity index (χ3v) is 4.86. The van der Waals surface area contributed by atoms with Gasteiger partial charge in [0.2, 0.25) is 5.91 Å². The minimum atomic E-state index is 0.286. The van der Waals surface area contributed by atoms with E-state index in [1.54, 1.807) is 7.11 Å². The third kappa shape index (κ3) is 6.15.